The van der Waals surface area contributed by atoms with Crippen molar-refractivity contribution >= 4 is 5.91 Å². The van der Waals surface area contributed by atoms with Gasteiger partial charge in [-0.2, -0.15) is 0 Å². The number of carbonyl (C=O) groups is 1. The summed E-state index contributed by atoms with van der Waals surface area (Å²) < 4.78 is 10.8. The molecule has 0 unspecified atom stereocenters. The second kappa shape index (κ2) is 10.2. The molecule has 0 N–H and O–H groups in total. The van der Waals surface area contributed by atoms with Gasteiger partial charge in [0, 0.05) is 25.0 Å². The predicted octanol–water partition coefficient (Wildman–Crippen LogP) is 4.21. The van der Waals surface area contributed by atoms with E-state index in [0.717, 1.165) is 24.8 Å². The van der Waals surface area contributed by atoms with Crippen LogP contribution in [-0.4, -0.2) is 47.6 Å². The van der Waals surface area contributed by atoms with Crippen molar-refractivity contribution in [3.8, 4) is 11.5 Å². The van der Waals surface area contributed by atoms with E-state index in [0.29, 0.717) is 29.4 Å². The third-order valence-corrected chi connectivity index (χ3v) is 5.64. The third kappa shape index (κ3) is 5.46. The first-order valence-corrected chi connectivity index (χ1v) is 10.4. The number of hydrogen-bond donors (Lipinski definition) is 0. The van der Waals surface area contributed by atoms with E-state index >= 15 is 0 Å². The largest absolute Gasteiger partial charge is 0.493 e. The molecule has 0 atom stereocenters. The van der Waals surface area contributed by atoms with Crippen LogP contribution in [0.15, 0.2) is 30.6 Å². The molecule has 1 aromatic heterocycles. The van der Waals surface area contributed by atoms with Gasteiger partial charge >= 0.3 is 0 Å². The van der Waals surface area contributed by atoms with Gasteiger partial charge in [0.25, 0.3) is 5.91 Å². The zero-order valence-electron chi connectivity index (χ0n) is 17.7. The number of amides is 1. The lowest BCUT2D eigenvalue weighted by molar-refractivity contribution is 0.0662. The topological polar surface area (TPSA) is 64.5 Å². The van der Waals surface area contributed by atoms with Crippen LogP contribution in [0.3, 0.4) is 0 Å². The Morgan fingerprint density at radius 3 is 2.31 bits per heavy atom. The summed E-state index contributed by atoms with van der Waals surface area (Å²) in [5, 5.41) is 0. The molecular formula is C23H31N3O3. The smallest absolute Gasteiger partial charge is 0.257 e. The molecule has 1 saturated carbocycles. The van der Waals surface area contributed by atoms with Gasteiger partial charge < -0.3 is 14.4 Å². The molecule has 0 bridgehead atoms. The fraction of sp³-hybridized carbons (Fsp3) is 0.522. The molecule has 1 heterocycles. The SMILES string of the molecule is COc1ccc(CCN(C(=O)c2cnc(C)nc2)C2CCCCCC2)cc1OC. The maximum atomic E-state index is 13.3. The number of methoxy groups -OCH3 is 2. The summed E-state index contributed by atoms with van der Waals surface area (Å²) >= 11 is 0. The van der Waals surface area contributed by atoms with Crippen molar-refractivity contribution in [1.82, 2.24) is 14.9 Å². The molecule has 1 aliphatic carbocycles. The first-order chi connectivity index (χ1) is 14.1. The van der Waals surface area contributed by atoms with Crippen LogP contribution in [0.25, 0.3) is 0 Å². The van der Waals surface area contributed by atoms with E-state index in [9.17, 15) is 4.79 Å². The molecule has 1 aliphatic rings. The molecule has 6 heteroatoms. The highest BCUT2D eigenvalue weighted by Crippen LogP contribution is 2.28. The molecule has 6 nitrogen and oxygen atoms in total. The number of benzene rings is 1. The van der Waals surface area contributed by atoms with Gasteiger partial charge in [0.05, 0.1) is 19.8 Å². The number of ether oxygens (including phenoxy) is 2. The van der Waals surface area contributed by atoms with Gasteiger partial charge in [-0.15, -0.1) is 0 Å². The molecule has 1 amide bonds. The molecule has 1 fully saturated rings. The first kappa shape index (κ1) is 21.1. The van der Waals surface area contributed by atoms with Crippen LogP contribution in [0.4, 0.5) is 0 Å². The number of rotatable bonds is 7. The van der Waals surface area contributed by atoms with Crippen molar-refractivity contribution in [3.05, 3.63) is 47.5 Å². The summed E-state index contributed by atoms with van der Waals surface area (Å²) in [7, 11) is 3.27. The van der Waals surface area contributed by atoms with Crippen LogP contribution in [0.1, 0.15) is 60.3 Å². The van der Waals surface area contributed by atoms with Crippen LogP contribution in [0, 0.1) is 6.92 Å². The predicted molar refractivity (Wildman–Crippen MR) is 113 cm³/mol. The van der Waals surface area contributed by atoms with Gasteiger partial charge in [0.1, 0.15) is 5.82 Å². The van der Waals surface area contributed by atoms with Crippen molar-refractivity contribution < 1.29 is 14.3 Å². The Bertz CT molecular complexity index is 800. The third-order valence-electron chi connectivity index (χ3n) is 5.64. The first-order valence-electron chi connectivity index (χ1n) is 10.4. The Kier molecular flexibility index (Phi) is 7.44. The minimum Gasteiger partial charge on any atom is -0.493 e. The Morgan fingerprint density at radius 2 is 1.69 bits per heavy atom. The van der Waals surface area contributed by atoms with E-state index in [-0.39, 0.29) is 11.9 Å². The maximum Gasteiger partial charge on any atom is 0.257 e. The molecule has 156 valence electrons. The standard InChI is InChI=1S/C23H31N3O3/c1-17-24-15-19(16-25-17)23(27)26(20-8-6-4-5-7-9-20)13-12-18-10-11-21(28-2)22(14-18)29-3/h10-11,14-16,20H,4-9,12-13H2,1-3H3. The lowest BCUT2D eigenvalue weighted by Gasteiger charge is -2.31. The number of aromatic nitrogens is 2. The van der Waals surface area contributed by atoms with Crippen LogP contribution in [-0.2, 0) is 6.42 Å². The number of hydrogen-bond acceptors (Lipinski definition) is 5. The number of aryl methyl sites for hydroxylation is 1. The molecule has 0 spiro atoms. The van der Waals surface area contributed by atoms with Gasteiger partial charge in [-0.25, -0.2) is 9.97 Å². The lowest BCUT2D eigenvalue weighted by Crippen LogP contribution is -2.41. The number of carbonyl (C=O) groups excluding carboxylic acids is 1. The molecular weight excluding hydrogens is 366 g/mol. The lowest BCUT2D eigenvalue weighted by atomic mass is 10.0. The average Bonchev–Trinajstić information content (AvgIpc) is 3.03. The summed E-state index contributed by atoms with van der Waals surface area (Å²) in [4.78, 5) is 23.8. The minimum atomic E-state index is 0.0253. The highest BCUT2D eigenvalue weighted by atomic mass is 16.5. The van der Waals surface area contributed by atoms with E-state index < -0.39 is 0 Å². The van der Waals surface area contributed by atoms with Crippen molar-refractivity contribution in [1.29, 1.82) is 0 Å². The Morgan fingerprint density at radius 1 is 1.03 bits per heavy atom. The van der Waals surface area contributed by atoms with Gasteiger partial charge in [-0.1, -0.05) is 31.7 Å². The fourth-order valence-corrected chi connectivity index (χ4v) is 3.97. The van der Waals surface area contributed by atoms with Crippen molar-refractivity contribution in [2.45, 2.75) is 57.9 Å². The van der Waals surface area contributed by atoms with Crippen LogP contribution in [0.5, 0.6) is 11.5 Å². The van der Waals surface area contributed by atoms with Gasteiger partial charge in [-0.05, 0) is 43.9 Å². The second-order valence-corrected chi connectivity index (χ2v) is 7.60. The Balaban J connectivity index is 1.79. The Hall–Kier alpha value is -2.63. The summed E-state index contributed by atoms with van der Waals surface area (Å²) in [5.41, 5.74) is 1.68. The monoisotopic (exact) mass is 397 g/mol. The summed E-state index contributed by atoms with van der Waals surface area (Å²) in [6.45, 7) is 2.49. The molecule has 0 aliphatic heterocycles. The van der Waals surface area contributed by atoms with E-state index in [4.69, 9.17) is 9.47 Å². The second-order valence-electron chi connectivity index (χ2n) is 7.60. The molecule has 0 saturated heterocycles. The van der Waals surface area contributed by atoms with Crippen LogP contribution < -0.4 is 9.47 Å². The zero-order chi connectivity index (χ0) is 20.6. The van der Waals surface area contributed by atoms with E-state index in [1.165, 1.54) is 25.7 Å². The highest BCUT2D eigenvalue weighted by Gasteiger charge is 2.26. The molecule has 1 aromatic carbocycles. The number of nitrogens with zero attached hydrogens (tertiary/aromatic N) is 3. The fourth-order valence-electron chi connectivity index (χ4n) is 3.97. The molecule has 3 rings (SSSR count). The van der Waals surface area contributed by atoms with E-state index in [1.54, 1.807) is 26.6 Å². The van der Waals surface area contributed by atoms with Crippen molar-refractivity contribution in [3.63, 3.8) is 0 Å². The molecule has 2 aromatic rings. The molecule has 0 radical (unpaired) electrons. The quantitative estimate of drug-likeness (QED) is 0.655. The van der Waals surface area contributed by atoms with Crippen molar-refractivity contribution in [2.24, 2.45) is 0 Å². The van der Waals surface area contributed by atoms with Crippen LogP contribution >= 0.6 is 0 Å². The summed E-state index contributed by atoms with van der Waals surface area (Å²) in [5.74, 6) is 2.12. The normalized spacial score (nSPS) is 14.9. The van der Waals surface area contributed by atoms with E-state index in [2.05, 4.69) is 9.97 Å². The summed E-state index contributed by atoms with van der Waals surface area (Å²) in [6.07, 6.45) is 11.0. The van der Waals surface area contributed by atoms with Gasteiger partial charge in [-0.3, -0.25) is 4.79 Å². The zero-order valence-corrected chi connectivity index (χ0v) is 17.7. The van der Waals surface area contributed by atoms with Gasteiger partial charge in [0.15, 0.2) is 11.5 Å². The summed E-state index contributed by atoms with van der Waals surface area (Å²) in [6, 6.07) is 6.21. The highest BCUT2D eigenvalue weighted by molar-refractivity contribution is 5.93. The van der Waals surface area contributed by atoms with Gasteiger partial charge in [0.2, 0.25) is 0 Å². The molecule has 29 heavy (non-hydrogen) atoms. The Labute approximate surface area is 173 Å². The average molecular weight is 398 g/mol. The van der Waals surface area contributed by atoms with Crippen molar-refractivity contribution in [2.75, 3.05) is 20.8 Å². The minimum absolute atomic E-state index is 0.0253. The van der Waals surface area contributed by atoms with E-state index in [1.807, 2.05) is 30.0 Å². The maximum absolute atomic E-state index is 13.3. The van der Waals surface area contributed by atoms with Crippen LogP contribution in [0.2, 0.25) is 0 Å².